The summed E-state index contributed by atoms with van der Waals surface area (Å²) in [7, 11) is 1.56. The van der Waals surface area contributed by atoms with Crippen LogP contribution in [0.4, 0.5) is 0 Å². The Hall–Kier alpha value is -1.81. The Morgan fingerprint density at radius 2 is 1.78 bits per heavy atom. The second-order valence-corrected chi connectivity index (χ2v) is 3.81. The molecule has 0 fully saturated rings. The molecule has 0 aliphatic carbocycles. The molecule has 0 atom stereocenters. The van der Waals surface area contributed by atoms with Gasteiger partial charge >= 0.3 is 5.97 Å². The highest BCUT2D eigenvalue weighted by atomic mass is 16.7. The number of rotatable bonds is 6. The topological polar surface area (TPSA) is 44.8 Å². The molecule has 0 spiro atoms. The van der Waals surface area contributed by atoms with Gasteiger partial charge in [-0.15, -0.1) is 0 Å². The van der Waals surface area contributed by atoms with E-state index in [0.717, 1.165) is 11.1 Å². The van der Waals surface area contributed by atoms with E-state index in [1.165, 1.54) is 6.92 Å². The number of carbonyl (C=O) groups is 1. The average Bonchev–Trinajstić information content (AvgIpc) is 2.38. The lowest BCUT2D eigenvalue weighted by Gasteiger charge is -2.13. The summed E-state index contributed by atoms with van der Waals surface area (Å²) in [5.41, 5.74) is 1.77. The number of carbonyl (C=O) groups excluding carboxylic acids is 1. The average molecular weight is 250 g/mol. The van der Waals surface area contributed by atoms with E-state index >= 15 is 0 Å². The number of methoxy groups -OCH3 is 1. The van der Waals surface area contributed by atoms with Crippen LogP contribution in [0.3, 0.4) is 0 Å². The highest BCUT2D eigenvalue weighted by Crippen LogP contribution is 2.20. The fourth-order valence-corrected chi connectivity index (χ4v) is 1.44. The Kier molecular flexibility index (Phi) is 5.94. The first kappa shape index (κ1) is 14.3. The van der Waals surface area contributed by atoms with Crippen molar-refractivity contribution in [2.75, 3.05) is 20.5 Å². The van der Waals surface area contributed by atoms with Crippen LogP contribution in [-0.2, 0) is 19.0 Å². The van der Waals surface area contributed by atoms with Crippen molar-refractivity contribution in [2.45, 2.75) is 13.8 Å². The zero-order valence-electron chi connectivity index (χ0n) is 10.9. The molecule has 0 aliphatic heterocycles. The fraction of sp³-hybridized carbons (Fsp3) is 0.357. The van der Waals surface area contributed by atoms with E-state index in [-0.39, 0.29) is 19.4 Å². The summed E-state index contributed by atoms with van der Waals surface area (Å²) in [6.45, 7) is 3.61. The minimum absolute atomic E-state index is 0.154. The Morgan fingerprint density at radius 1 is 1.11 bits per heavy atom. The van der Waals surface area contributed by atoms with Crippen molar-refractivity contribution in [1.29, 1.82) is 0 Å². The third kappa shape index (κ3) is 4.59. The predicted molar refractivity (Wildman–Crippen MR) is 68.6 cm³/mol. The highest BCUT2D eigenvalue weighted by molar-refractivity contribution is 5.67. The van der Waals surface area contributed by atoms with E-state index in [4.69, 9.17) is 14.2 Å². The van der Waals surface area contributed by atoms with Crippen LogP contribution in [0.25, 0.3) is 5.76 Å². The van der Waals surface area contributed by atoms with E-state index in [1.807, 2.05) is 37.3 Å². The maximum absolute atomic E-state index is 10.8. The molecule has 1 aromatic rings. The molecular weight excluding hydrogens is 232 g/mol. The standard InChI is InChI=1S/C14H18O4/c1-11(9-17-12(2)15)14(18-10-16-3)13-7-5-4-6-8-13/h4-8H,9-10H2,1-3H3. The number of esters is 1. The van der Waals surface area contributed by atoms with Gasteiger partial charge in [0.05, 0.1) is 0 Å². The summed E-state index contributed by atoms with van der Waals surface area (Å²) in [6.07, 6.45) is 0. The molecule has 0 aromatic heterocycles. The first-order valence-electron chi connectivity index (χ1n) is 5.65. The molecule has 0 saturated heterocycles. The number of hydrogen-bond donors (Lipinski definition) is 0. The van der Waals surface area contributed by atoms with E-state index in [2.05, 4.69) is 0 Å². The Morgan fingerprint density at radius 3 is 2.33 bits per heavy atom. The summed E-state index contributed by atoms with van der Waals surface area (Å²) in [6, 6.07) is 9.64. The molecule has 0 amide bonds. The number of hydrogen-bond acceptors (Lipinski definition) is 4. The molecule has 4 nitrogen and oxygen atoms in total. The normalized spacial score (nSPS) is 11.7. The molecule has 0 unspecified atom stereocenters. The fourth-order valence-electron chi connectivity index (χ4n) is 1.44. The van der Waals surface area contributed by atoms with E-state index in [1.54, 1.807) is 7.11 Å². The zero-order valence-corrected chi connectivity index (χ0v) is 10.9. The lowest BCUT2D eigenvalue weighted by molar-refractivity contribution is -0.139. The molecule has 1 aromatic carbocycles. The molecule has 0 aliphatic rings. The lowest BCUT2D eigenvalue weighted by Crippen LogP contribution is -2.06. The van der Waals surface area contributed by atoms with Crippen LogP contribution in [0.5, 0.6) is 0 Å². The summed E-state index contributed by atoms with van der Waals surface area (Å²) in [4.78, 5) is 10.8. The first-order valence-corrected chi connectivity index (χ1v) is 5.65. The van der Waals surface area contributed by atoms with Crippen LogP contribution in [0, 0.1) is 0 Å². The van der Waals surface area contributed by atoms with Crippen LogP contribution in [-0.4, -0.2) is 26.5 Å². The van der Waals surface area contributed by atoms with Crippen molar-refractivity contribution >= 4 is 11.7 Å². The smallest absolute Gasteiger partial charge is 0.302 e. The van der Waals surface area contributed by atoms with E-state index < -0.39 is 0 Å². The maximum atomic E-state index is 10.8. The molecule has 98 valence electrons. The number of benzene rings is 1. The van der Waals surface area contributed by atoms with Gasteiger partial charge in [0.15, 0.2) is 6.79 Å². The second-order valence-electron chi connectivity index (χ2n) is 3.81. The summed E-state index contributed by atoms with van der Waals surface area (Å²) in [5, 5.41) is 0. The third-order valence-corrected chi connectivity index (χ3v) is 2.24. The summed E-state index contributed by atoms with van der Waals surface area (Å²) < 4.78 is 15.4. The van der Waals surface area contributed by atoms with Crippen molar-refractivity contribution in [1.82, 2.24) is 0 Å². The molecule has 0 saturated carbocycles. The van der Waals surface area contributed by atoms with Gasteiger partial charge < -0.3 is 14.2 Å². The van der Waals surface area contributed by atoms with Gasteiger partial charge in [-0.2, -0.15) is 0 Å². The van der Waals surface area contributed by atoms with E-state index in [0.29, 0.717) is 5.76 Å². The Balaban J connectivity index is 2.89. The number of ether oxygens (including phenoxy) is 3. The SMILES string of the molecule is COCOC(=C(C)COC(C)=O)c1ccccc1. The van der Waals surface area contributed by atoms with Gasteiger partial charge in [-0.1, -0.05) is 30.3 Å². The molecule has 0 radical (unpaired) electrons. The van der Waals surface area contributed by atoms with Crippen molar-refractivity contribution in [3.63, 3.8) is 0 Å². The van der Waals surface area contributed by atoms with Gasteiger partial charge in [0.1, 0.15) is 12.4 Å². The first-order chi connectivity index (χ1) is 8.65. The molecule has 0 N–H and O–H groups in total. The Labute approximate surface area is 107 Å². The summed E-state index contributed by atoms with van der Waals surface area (Å²) in [5.74, 6) is 0.368. The van der Waals surface area contributed by atoms with Gasteiger partial charge in [0.2, 0.25) is 0 Å². The zero-order chi connectivity index (χ0) is 13.4. The van der Waals surface area contributed by atoms with Crippen LogP contribution in [0.1, 0.15) is 19.4 Å². The molecule has 0 bridgehead atoms. The molecule has 1 rings (SSSR count). The van der Waals surface area contributed by atoms with Crippen molar-refractivity contribution in [3.8, 4) is 0 Å². The summed E-state index contributed by atoms with van der Waals surface area (Å²) >= 11 is 0. The lowest BCUT2D eigenvalue weighted by atomic mass is 10.1. The van der Waals surface area contributed by atoms with Gasteiger partial charge in [0, 0.05) is 25.2 Å². The van der Waals surface area contributed by atoms with Gasteiger partial charge in [-0.25, -0.2) is 0 Å². The minimum atomic E-state index is -0.312. The quantitative estimate of drug-likeness (QED) is 0.442. The van der Waals surface area contributed by atoms with E-state index in [9.17, 15) is 4.79 Å². The van der Waals surface area contributed by atoms with Crippen molar-refractivity contribution in [2.24, 2.45) is 0 Å². The van der Waals surface area contributed by atoms with Crippen molar-refractivity contribution < 1.29 is 19.0 Å². The third-order valence-electron chi connectivity index (χ3n) is 2.24. The maximum Gasteiger partial charge on any atom is 0.302 e. The largest absolute Gasteiger partial charge is 0.467 e. The molecule has 0 heterocycles. The minimum Gasteiger partial charge on any atom is -0.467 e. The highest BCUT2D eigenvalue weighted by Gasteiger charge is 2.08. The second kappa shape index (κ2) is 7.50. The van der Waals surface area contributed by atoms with Crippen LogP contribution in [0.2, 0.25) is 0 Å². The monoisotopic (exact) mass is 250 g/mol. The van der Waals surface area contributed by atoms with Crippen molar-refractivity contribution in [3.05, 3.63) is 41.5 Å². The van der Waals surface area contributed by atoms with Crippen LogP contribution < -0.4 is 0 Å². The predicted octanol–water partition coefficient (Wildman–Crippen LogP) is 2.60. The van der Waals surface area contributed by atoms with Gasteiger partial charge in [-0.05, 0) is 6.92 Å². The molecule has 4 heteroatoms. The van der Waals surface area contributed by atoms with Crippen LogP contribution >= 0.6 is 0 Å². The molecular formula is C14H18O4. The van der Waals surface area contributed by atoms with Gasteiger partial charge in [-0.3, -0.25) is 4.79 Å². The molecule has 18 heavy (non-hydrogen) atoms. The van der Waals surface area contributed by atoms with Crippen LogP contribution in [0.15, 0.2) is 35.9 Å². The Bertz CT molecular complexity index is 409. The van der Waals surface area contributed by atoms with Gasteiger partial charge in [0.25, 0.3) is 0 Å².